The molecule has 0 unspecified atom stereocenters. The summed E-state index contributed by atoms with van der Waals surface area (Å²) in [5.74, 6) is 0.514. The molecule has 1 aromatic heterocycles. The lowest BCUT2D eigenvalue weighted by Crippen LogP contribution is -2.24. The molecule has 7 nitrogen and oxygen atoms in total. The van der Waals surface area contributed by atoms with E-state index < -0.39 is 10.0 Å². The van der Waals surface area contributed by atoms with Crippen LogP contribution >= 0.6 is 11.3 Å². The molecule has 0 saturated carbocycles. The van der Waals surface area contributed by atoms with Gasteiger partial charge in [-0.1, -0.05) is 18.2 Å². The fraction of sp³-hybridized carbons (Fsp3) is 0.190. The van der Waals surface area contributed by atoms with E-state index in [1.165, 1.54) is 26.4 Å². The molecule has 2 aromatic carbocycles. The number of anilines is 1. The van der Waals surface area contributed by atoms with Gasteiger partial charge in [0, 0.05) is 16.6 Å². The minimum absolute atomic E-state index is 0.0265. The van der Waals surface area contributed by atoms with Gasteiger partial charge in [-0.05, 0) is 41.3 Å². The highest BCUT2D eigenvalue weighted by molar-refractivity contribution is 7.92. The van der Waals surface area contributed by atoms with Crippen LogP contribution in [0.15, 0.2) is 64.9 Å². The zero-order valence-electron chi connectivity index (χ0n) is 16.5. The van der Waals surface area contributed by atoms with E-state index in [2.05, 4.69) is 10.0 Å². The van der Waals surface area contributed by atoms with Gasteiger partial charge in [0.05, 0.1) is 27.2 Å². The molecule has 0 radical (unpaired) electrons. The summed E-state index contributed by atoms with van der Waals surface area (Å²) in [4.78, 5) is 13.2. The third-order valence-electron chi connectivity index (χ3n) is 4.27. The van der Waals surface area contributed by atoms with Gasteiger partial charge in [-0.15, -0.1) is 11.3 Å². The second-order valence-corrected chi connectivity index (χ2v) is 9.04. The predicted octanol–water partition coefficient (Wildman–Crippen LogP) is 3.43. The first-order chi connectivity index (χ1) is 14.4. The molecule has 1 heterocycles. The zero-order chi connectivity index (χ0) is 21.6. The molecule has 0 saturated heterocycles. The van der Waals surface area contributed by atoms with Gasteiger partial charge in [0.15, 0.2) is 0 Å². The number of carbonyl (C=O) groups excluding carboxylic acids is 1. The van der Waals surface area contributed by atoms with Crippen LogP contribution in [0.4, 0.5) is 5.69 Å². The van der Waals surface area contributed by atoms with Crippen molar-refractivity contribution in [2.75, 3.05) is 18.9 Å². The van der Waals surface area contributed by atoms with Crippen molar-refractivity contribution in [3.8, 4) is 11.5 Å². The van der Waals surface area contributed by atoms with Crippen molar-refractivity contribution < 1.29 is 22.7 Å². The number of amides is 1. The quantitative estimate of drug-likeness (QED) is 0.525. The van der Waals surface area contributed by atoms with Crippen LogP contribution in [0, 0.1) is 0 Å². The third kappa shape index (κ3) is 5.52. The molecule has 0 bridgehead atoms. The van der Waals surface area contributed by atoms with Crippen LogP contribution in [-0.2, 0) is 27.8 Å². The summed E-state index contributed by atoms with van der Waals surface area (Å²) in [6.45, 7) is 0.497. The first kappa shape index (κ1) is 21.7. The van der Waals surface area contributed by atoms with E-state index in [-0.39, 0.29) is 23.0 Å². The standard InChI is InChI=1S/C21H22N2O5S2/c1-27-17-9-10-19(28-2)20(13-17)30(25,26)23-16-7-5-15(6-8-16)12-21(24)22-14-18-4-3-11-29-18/h3-11,13,23H,12,14H2,1-2H3,(H,22,24). The Kier molecular flexibility index (Phi) is 6.96. The number of carbonyl (C=O) groups is 1. The number of rotatable bonds is 9. The molecule has 30 heavy (non-hydrogen) atoms. The summed E-state index contributed by atoms with van der Waals surface area (Å²) in [7, 11) is -1.03. The lowest BCUT2D eigenvalue weighted by atomic mass is 10.1. The minimum atomic E-state index is -3.89. The first-order valence-corrected chi connectivity index (χ1v) is 11.4. The maximum absolute atomic E-state index is 12.8. The lowest BCUT2D eigenvalue weighted by molar-refractivity contribution is -0.120. The van der Waals surface area contributed by atoms with E-state index in [4.69, 9.17) is 9.47 Å². The van der Waals surface area contributed by atoms with Crippen molar-refractivity contribution in [2.45, 2.75) is 17.9 Å². The van der Waals surface area contributed by atoms with Gasteiger partial charge in [0.1, 0.15) is 16.4 Å². The highest BCUT2D eigenvalue weighted by atomic mass is 32.2. The van der Waals surface area contributed by atoms with Crippen LogP contribution in [-0.4, -0.2) is 28.5 Å². The highest BCUT2D eigenvalue weighted by Gasteiger charge is 2.21. The minimum Gasteiger partial charge on any atom is -0.497 e. The first-order valence-electron chi connectivity index (χ1n) is 9.04. The fourth-order valence-electron chi connectivity index (χ4n) is 2.74. The molecule has 158 valence electrons. The van der Waals surface area contributed by atoms with E-state index in [0.29, 0.717) is 18.0 Å². The smallest absolute Gasteiger partial charge is 0.265 e. The second kappa shape index (κ2) is 9.64. The molecule has 0 fully saturated rings. The van der Waals surface area contributed by atoms with Crippen molar-refractivity contribution in [3.63, 3.8) is 0 Å². The van der Waals surface area contributed by atoms with Crippen LogP contribution in [0.2, 0.25) is 0 Å². The van der Waals surface area contributed by atoms with Crippen LogP contribution in [0.25, 0.3) is 0 Å². The summed E-state index contributed by atoms with van der Waals surface area (Å²) in [6, 6.07) is 15.1. The Balaban J connectivity index is 1.65. The predicted molar refractivity (Wildman–Crippen MR) is 117 cm³/mol. The molecule has 0 aliphatic carbocycles. The van der Waals surface area contributed by atoms with E-state index in [9.17, 15) is 13.2 Å². The molecule has 1 amide bonds. The van der Waals surface area contributed by atoms with Gasteiger partial charge in [-0.2, -0.15) is 0 Å². The molecule has 3 aromatic rings. The van der Waals surface area contributed by atoms with Gasteiger partial charge in [-0.3, -0.25) is 9.52 Å². The maximum atomic E-state index is 12.8. The van der Waals surface area contributed by atoms with Gasteiger partial charge in [0.2, 0.25) is 5.91 Å². The Labute approximate surface area is 179 Å². The Morgan fingerprint density at radius 2 is 1.80 bits per heavy atom. The van der Waals surface area contributed by atoms with E-state index in [1.807, 2.05) is 17.5 Å². The number of hydrogen-bond donors (Lipinski definition) is 2. The second-order valence-electron chi connectivity index (χ2n) is 6.35. The number of nitrogens with one attached hydrogen (secondary N) is 2. The van der Waals surface area contributed by atoms with Gasteiger partial charge < -0.3 is 14.8 Å². The molecule has 0 aliphatic heterocycles. The number of hydrogen-bond acceptors (Lipinski definition) is 6. The molecular formula is C21H22N2O5S2. The Bertz CT molecular complexity index is 1090. The summed E-state index contributed by atoms with van der Waals surface area (Å²) in [5, 5.41) is 4.83. The summed E-state index contributed by atoms with van der Waals surface area (Å²) < 4.78 is 38.4. The van der Waals surface area contributed by atoms with E-state index in [0.717, 1.165) is 10.4 Å². The van der Waals surface area contributed by atoms with Crippen LogP contribution < -0.4 is 19.5 Å². The van der Waals surface area contributed by atoms with Crippen molar-refractivity contribution in [2.24, 2.45) is 0 Å². The molecule has 9 heteroatoms. The molecule has 0 aliphatic rings. The van der Waals surface area contributed by atoms with Crippen molar-refractivity contribution in [1.29, 1.82) is 0 Å². The van der Waals surface area contributed by atoms with Crippen molar-refractivity contribution >= 4 is 33.0 Å². The lowest BCUT2D eigenvalue weighted by Gasteiger charge is -2.13. The molecule has 0 spiro atoms. The Morgan fingerprint density at radius 3 is 2.43 bits per heavy atom. The van der Waals surface area contributed by atoms with E-state index in [1.54, 1.807) is 41.7 Å². The topological polar surface area (TPSA) is 93.7 Å². The maximum Gasteiger partial charge on any atom is 0.265 e. The van der Waals surface area contributed by atoms with Crippen LogP contribution in [0.1, 0.15) is 10.4 Å². The number of methoxy groups -OCH3 is 2. The SMILES string of the molecule is COc1ccc(OC)c(S(=O)(=O)Nc2ccc(CC(=O)NCc3cccs3)cc2)c1. The van der Waals surface area contributed by atoms with Crippen LogP contribution in [0.3, 0.4) is 0 Å². The van der Waals surface area contributed by atoms with Gasteiger partial charge >= 0.3 is 0 Å². The number of sulfonamides is 1. The third-order valence-corrected chi connectivity index (χ3v) is 6.55. The zero-order valence-corrected chi connectivity index (χ0v) is 18.2. The van der Waals surface area contributed by atoms with Crippen molar-refractivity contribution in [1.82, 2.24) is 5.32 Å². The normalized spacial score (nSPS) is 11.0. The summed E-state index contributed by atoms with van der Waals surface area (Å²) >= 11 is 1.58. The Morgan fingerprint density at radius 1 is 1.03 bits per heavy atom. The highest BCUT2D eigenvalue weighted by Crippen LogP contribution is 2.29. The molecular weight excluding hydrogens is 424 g/mol. The molecule has 3 rings (SSSR count). The van der Waals surface area contributed by atoms with Crippen LogP contribution in [0.5, 0.6) is 11.5 Å². The summed E-state index contributed by atoms with van der Waals surface area (Å²) in [5.41, 5.74) is 1.16. The average Bonchev–Trinajstić information content (AvgIpc) is 3.27. The Hall–Kier alpha value is -3.04. The number of thiophene rings is 1. The monoisotopic (exact) mass is 446 g/mol. The fourth-order valence-corrected chi connectivity index (χ4v) is 4.63. The largest absolute Gasteiger partial charge is 0.497 e. The van der Waals surface area contributed by atoms with Crippen molar-refractivity contribution in [3.05, 3.63) is 70.4 Å². The summed E-state index contributed by atoms with van der Waals surface area (Å²) in [6.07, 6.45) is 0.210. The van der Waals surface area contributed by atoms with Gasteiger partial charge in [0.25, 0.3) is 10.0 Å². The number of ether oxygens (including phenoxy) is 2. The molecule has 2 N–H and O–H groups in total. The van der Waals surface area contributed by atoms with E-state index >= 15 is 0 Å². The number of benzene rings is 2. The molecule has 0 atom stereocenters. The van der Waals surface area contributed by atoms with Gasteiger partial charge in [-0.25, -0.2) is 8.42 Å². The average molecular weight is 447 g/mol.